The molecule has 5 aromatic rings. The molecule has 0 spiro atoms. The lowest BCUT2D eigenvalue weighted by Crippen LogP contribution is -2.12. The van der Waals surface area contributed by atoms with E-state index in [-0.39, 0.29) is 5.91 Å². The zero-order valence-corrected chi connectivity index (χ0v) is 18.5. The molecule has 0 saturated carbocycles. The first-order chi connectivity index (χ1) is 16.7. The predicted octanol–water partition coefficient (Wildman–Crippen LogP) is 4.44. The number of hydrogen-bond acceptors (Lipinski definition) is 5. The van der Waals surface area contributed by atoms with Gasteiger partial charge in [-0.05, 0) is 42.0 Å². The number of benzene rings is 2. The second kappa shape index (κ2) is 9.41. The van der Waals surface area contributed by atoms with Crippen LogP contribution in [0.2, 0.25) is 0 Å². The number of amides is 1. The van der Waals surface area contributed by atoms with Crippen LogP contribution in [-0.4, -0.2) is 37.6 Å². The highest BCUT2D eigenvalue weighted by atomic mass is 16.5. The van der Waals surface area contributed by atoms with Gasteiger partial charge in [0.1, 0.15) is 11.4 Å². The number of carbonyl (C=O) groups excluding carboxylic acids is 1. The van der Waals surface area contributed by atoms with Crippen LogP contribution >= 0.6 is 0 Å². The van der Waals surface area contributed by atoms with Crippen molar-refractivity contribution in [3.05, 3.63) is 109 Å². The molecule has 1 N–H and O–H groups in total. The SMILES string of the molecule is COc1ccccc1-c1nn(-c2ccccc2)cc1C(=O)Nc1cnn(Cc2ccncc2)c1. The third-order valence-corrected chi connectivity index (χ3v) is 5.33. The number of pyridine rings is 1. The number of rotatable bonds is 7. The number of hydrogen-bond donors (Lipinski definition) is 1. The number of anilines is 1. The summed E-state index contributed by atoms with van der Waals surface area (Å²) in [5.41, 5.74) is 4.20. The average molecular weight is 451 g/mol. The Kier molecular flexibility index (Phi) is 5.85. The van der Waals surface area contributed by atoms with Gasteiger partial charge in [-0.1, -0.05) is 30.3 Å². The quantitative estimate of drug-likeness (QED) is 0.396. The zero-order valence-electron chi connectivity index (χ0n) is 18.5. The third-order valence-electron chi connectivity index (χ3n) is 5.33. The Morgan fingerprint density at radius 3 is 2.53 bits per heavy atom. The van der Waals surface area contributed by atoms with Gasteiger partial charge in [0.25, 0.3) is 5.91 Å². The lowest BCUT2D eigenvalue weighted by atomic mass is 10.1. The van der Waals surface area contributed by atoms with Crippen molar-refractivity contribution in [2.45, 2.75) is 6.54 Å². The monoisotopic (exact) mass is 450 g/mol. The van der Waals surface area contributed by atoms with Gasteiger partial charge in [0.2, 0.25) is 0 Å². The van der Waals surface area contributed by atoms with Crippen molar-refractivity contribution in [3.63, 3.8) is 0 Å². The van der Waals surface area contributed by atoms with Crippen molar-refractivity contribution >= 4 is 11.6 Å². The van der Waals surface area contributed by atoms with E-state index < -0.39 is 0 Å². The second-order valence-corrected chi connectivity index (χ2v) is 7.61. The van der Waals surface area contributed by atoms with E-state index in [0.29, 0.717) is 29.2 Å². The van der Waals surface area contributed by atoms with Crippen LogP contribution in [0, 0.1) is 0 Å². The van der Waals surface area contributed by atoms with Gasteiger partial charge in [0, 0.05) is 30.4 Å². The summed E-state index contributed by atoms with van der Waals surface area (Å²) in [5.74, 6) is 0.353. The second-order valence-electron chi connectivity index (χ2n) is 7.61. The first-order valence-corrected chi connectivity index (χ1v) is 10.7. The van der Waals surface area contributed by atoms with E-state index in [2.05, 4.69) is 15.4 Å². The number of nitrogens with one attached hydrogen (secondary N) is 1. The summed E-state index contributed by atoms with van der Waals surface area (Å²) in [7, 11) is 1.60. The highest BCUT2D eigenvalue weighted by Crippen LogP contribution is 2.32. The number of nitrogens with zero attached hydrogens (tertiary/aromatic N) is 5. The molecule has 1 amide bonds. The topological polar surface area (TPSA) is 86.9 Å². The number of carbonyl (C=O) groups is 1. The summed E-state index contributed by atoms with van der Waals surface area (Å²) in [6.07, 6.45) is 8.64. The van der Waals surface area contributed by atoms with Crippen LogP contribution in [0.1, 0.15) is 15.9 Å². The van der Waals surface area contributed by atoms with Gasteiger partial charge in [0.15, 0.2) is 0 Å². The summed E-state index contributed by atoms with van der Waals surface area (Å²) in [5, 5.41) is 12.0. The van der Waals surface area contributed by atoms with Gasteiger partial charge < -0.3 is 10.1 Å². The molecule has 0 aliphatic carbocycles. The first kappa shape index (κ1) is 21.1. The van der Waals surface area contributed by atoms with Crippen LogP contribution in [0.4, 0.5) is 5.69 Å². The van der Waals surface area contributed by atoms with Gasteiger partial charge in [-0.25, -0.2) is 4.68 Å². The van der Waals surface area contributed by atoms with Gasteiger partial charge in [-0.15, -0.1) is 0 Å². The molecule has 0 bridgehead atoms. The van der Waals surface area contributed by atoms with E-state index in [1.54, 1.807) is 47.5 Å². The van der Waals surface area contributed by atoms with Crippen molar-refractivity contribution in [1.29, 1.82) is 0 Å². The first-order valence-electron chi connectivity index (χ1n) is 10.7. The van der Waals surface area contributed by atoms with Crippen LogP contribution in [0.3, 0.4) is 0 Å². The highest BCUT2D eigenvalue weighted by Gasteiger charge is 2.21. The zero-order chi connectivity index (χ0) is 23.3. The molecule has 168 valence electrons. The van der Waals surface area contributed by atoms with E-state index >= 15 is 0 Å². The highest BCUT2D eigenvalue weighted by molar-refractivity contribution is 6.08. The largest absolute Gasteiger partial charge is 0.496 e. The molecule has 0 atom stereocenters. The molecular formula is C26H22N6O2. The number of para-hydroxylation sites is 2. The Balaban J connectivity index is 1.46. The third kappa shape index (κ3) is 4.42. The minimum Gasteiger partial charge on any atom is -0.496 e. The predicted molar refractivity (Wildman–Crippen MR) is 129 cm³/mol. The minimum absolute atomic E-state index is 0.286. The van der Waals surface area contributed by atoms with Crippen molar-refractivity contribution in [3.8, 4) is 22.7 Å². The van der Waals surface area contributed by atoms with E-state index in [1.165, 1.54) is 0 Å². The van der Waals surface area contributed by atoms with Crippen LogP contribution in [0.5, 0.6) is 5.75 Å². The molecule has 0 aliphatic heterocycles. The molecule has 0 saturated heterocycles. The lowest BCUT2D eigenvalue weighted by Gasteiger charge is -2.08. The van der Waals surface area contributed by atoms with Gasteiger partial charge in [-0.3, -0.25) is 14.5 Å². The lowest BCUT2D eigenvalue weighted by molar-refractivity contribution is 0.102. The fourth-order valence-electron chi connectivity index (χ4n) is 3.68. The van der Waals surface area contributed by atoms with Crippen molar-refractivity contribution in [2.24, 2.45) is 0 Å². The molecule has 5 rings (SSSR count). The van der Waals surface area contributed by atoms with Gasteiger partial charge in [-0.2, -0.15) is 10.2 Å². The maximum atomic E-state index is 13.4. The molecule has 3 aromatic heterocycles. The molecule has 8 heteroatoms. The average Bonchev–Trinajstić information content (AvgIpc) is 3.52. The fraction of sp³-hybridized carbons (Fsp3) is 0.0769. The van der Waals surface area contributed by atoms with E-state index in [9.17, 15) is 4.79 Å². The summed E-state index contributed by atoms with van der Waals surface area (Å²) >= 11 is 0. The molecule has 0 unspecified atom stereocenters. The van der Waals surface area contributed by atoms with Gasteiger partial charge in [0.05, 0.1) is 36.8 Å². The summed E-state index contributed by atoms with van der Waals surface area (Å²) < 4.78 is 8.99. The van der Waals surface area contributed by atoms with Crippen molar-refractivity contribution in [1.82, 2.24) is 24.5 Å². The van der Waals surface area contributed by atoms with E-state index in [4.69, 9.17) is 9.84 Å². The molecule has 0 fully saturated rings. The van der Waals surface area contributed by atoms with Crippen LogP contribution in [0.25, 0.3) is 16.9 Å². The summed E-state index contributed by atoms with van der Waals surface area (Å²) in [6.45, 7) is 0.580. The Labute approximate surface area is 196 Å². The Morgan fingerprint density at radius 2 is 1.74 bits per heavy atom. The maximum Gasteiger partial charge on any atom is 0.259 e. The van der Waals surface area contributed by atoms with E-state index in [0.717, 1.165) is 16.8 Å². The molecule has 2 aromatic carbocycles. The standard InChI is InChI=1S/C26H22N6O2/c1-34-24-10-6-5-9-22(24)25-23(18-32(30-25)21-7-3-2-4-8-21)26(33)29-20-15-28-31(17-20)16-19-11-13-27-14-12-19/h2-15,17-18H,16H2,1H3,(H,29,33). The van der Waals surface area contributed by atoms with Crippen LogP contribution < -0.4 is 10.1 Å². The molecule has 3 heterocycles. The van der Waals surface area contributed by atoms with Crippen molar-refractivity contribution < 1.29 is 9.53 Å². The van der Waals surface area contributed by atoms with Crippen LogP contribution in [-0.2, 0) is 6.54 Å². The van der Waals surface area contributed by atoms with Crippen molar-refractivity contribution in [2.75, 3.05) is 12.4 Å². The minimum atomic E-state index is -0.286. The van der Waals surface area contributed by atoms with E-state index in [1.807, 2.05) is 66.7 Å². The number of aromatic nitrogens is 5. The maximum absolute atomic E-state index is 13.4. The summed E-state index contributed by atoms with van der Waals surface area (Å²) in [4.78, 5) is 17.4. The van der Waals surface area contributed by atoms with Crippen LogP contribution in [0.15, 0.2) is 97.7 Å². The summed E-state index contributed by atoms with van der Waals surface area (Å²) in [6, 6.07) is 21.0. The normalized spacial score (nSPS) is 10.7. The molecular weight excluding hydrogens is 428 g/mol. The Hall–Kier alpha value is -4.72. The molecule has 0 aliphatic rings. The number of ether oxygens (including phenoxy) is 1. The fourth-order valence-corrected chi connectivity index (χ4v) is 3.68. The molecule has 34 heavy (non-hydrogen) atoms. The number of methoxy groups -OCH3 is 1. The smallest absolute Gasteiger partial charge is 0.259 e. The Morgan fingerprint density at radius 1 is 0.971 bits per heavy atom. The molecule has 8 nitrogen and oxygen atoms in total. The van der Waals surface area contributed by atoms with Gasteiger partial charge >= 0.3 is 0 Å². The molecule has 0 radical (unpaired) electrons. The Bertz CT molecular complexity index is 1410.